The normalized spacial score (nSPS) is 23.6. The van der Waals surface area contributed by atoms with Gasteiger partial charge in [-0.1, -0.05) is 44.0 Å². The molecule has 188 valence electrons. The molecule has 1 saturated heterocycles. The first-order valence-electron chi connectivity index (χ1n) is 11.8. The average Bonchev–Trinajstić information content (AvgIpc) is 3.28. The fourth-order valence-corrected chi connectivity index (χ4v) is 7.07. The number of esters is 1. The Balaban J connectivity index is 1.73. The SMILES string of the molecule is CCCC[C@H](NC(=O)[C@@H]1Cc2ccccc2CN1C(=O)[C@@H](N)CSC1CC(N)CS1)C(=O)OC. The van der Waals surface area contributed by atoms with Crippen molar-refractivity contribution in [1.29, 1.82) is 0 Å². The van der Waals surface area contributed by atoms with Crippen LogP contribution in [0.25, 0.3) is 0 Å². The number of methoxy groups -OCH3 is 1. The van der Waals surface area contributed by atoms with Gasteiger partial charge in [-0.3, -0.25) is 9.59 Å². The summed E-state index contributed by atoms with van der Waals surface area (Å²) in [6, 6.07) is 5.80. The topological polar surface area (TPSA) is 128 Å². The lowest BCUT2D eigenvalue weighted by Crippen LogP contribution is -2.58. The fourth-order valence-electron chi connectivity index (χ4n) is 4.28. The monoisotopic (exact) mass is 508 g/mol. The zero-order chi connectivity index (χ0) is 24.7. The van der Waals surface area contributed by atoms with E-state index in [1.165, 1.54) is 7.11 Å². The van der Waals surface area contributed by atoms with E-state index in [2.05, 4.69) is 5.32 Å². The standard InChI is InChI=1S/C24H36N4O4S2/c1-3-4-9-19(24(31)32-2)27-22(29)20-10-15-7-5-6-8-16(15)12-28(20)23(30)18(26)14-34-21-11-17(25)13-33-21/h5-8,17-21H,3-4,9-14,25-26H2,1-2H3,(H,27,29)/t17?,18-,19-,20-,21?/m0/s1. The maximum atomic E-state index is 13.4. The van der Waals surface area contributed by atoms with Crippen LogP contribution in [-0.4, -0.2) is 70.0 Å². The van der Waals surface area contributed by atoms with Gasteiger partial charge in [0.1, 0.15) is 12.1 Å². The molecule has 0 radical (unpaired) electrons. The van der Waals surface area contributed by atoms with E-state index in [1.54, 1.807) is 28.4 Å². The van der Waals surface area contributed by atoms with Crippen LogP contribution in [0.15, 0.2) is 24.3 Å². The molecule has 2 amide bonds. The van der Waals surface area contributed by atoms with Gasteiger partial charge in [-0.25, -0.2) is 4.79 Å². The van der Waals surface area contributed by atoms with E-state index >= 15 is 0 Å². The molecular weight excluding hydrogens is 472 g/mol. The number of unbranched alkanes of at least 4 members (excludes halogenated alkanes) is 1. The molecule has 0 bridgehead atoms. The van der Waals surface area contributed by atoms with Gasteiger partial charge < -0.3 is 26.4 Å². The van der Waals surface area contributed by atoms with Crippen LogP contribution in [0.1, 0.15) is 43.7 Å². The molecule has 2 heterocycles. The first kappa shape index (κ1) is 26.8. The van der Waals surface area contributed by atoms with E-state index in [1.807, 2.05) is 31.2 Å². The second-order valence-corrected chi connectivity index (χ2v) is 11.6. The zero-order valence-corrected chi connectivity index (χ0v) is 21.5. The van der Waals surface area contributed by atoms with E-state index in [0.717, 1.165) is 36.1 Å². The molecule has 2 aliphatic rings. The Kier molecular flexibility index (Phi) is 10.1. The van der Waals surface area contributed by atoms with Crippen molar-refractivity contribution in [3.05, 3.63) is 35.4 Å². The lowest BCUT2D eigenvalue weighted by Gasteiger charge is -2.38. The number of nitrogens with zero attached hydrogens (tertiary/aromatic N) is 1. The highest BCUT2D eigenvalue weighted by Crippen LogP contribution is 2.35. The largest absolute Gasteiger partial charge is 0.467 e. The predicted molar refractivity (Wildman–Crippen MR) is 137 cm³/mol. The number of fused-ring (bicyclic) bond motifs is 1. The van der Waals surface area contributed by atoms with Gasteiger partial charge in [0.2, 0.25) is 11.8 Å². The molecule has 1 aromatic carbocycles. The predicted octanol–water partition coefficient (Wildman–Crippen LogP) is 1.64. The molecule has 1 fully saturated rings. The Hall–Kier alpha value is -1.75. The third kappa shape index (κ3) is 6.90. The van der Waals surface area contributed by atoms with Crippen LogP contribution in [0.4, 0.5) is 0 Å². The van der Waals surface area contributed by atoms with Crippen molar-refractivity contribution in [1.82, 2.24) is 10.2 Å². The molecule has 3 rings (SSSR count). The van der Waals surface area contributed by atoms with Crippen molar-refractivity contribution in [3.8, 4) is 0 Å². The number of rotatable bonds is 10. The summed E-state index contributed by atoms with van der Waals surface area (Å²) in [4.78, 5) is 40.6. The minimum Gasteiger partial charge on any atom is -0.467 e. The van der Waals surface area contributed by atoms with Crippen molar-refractivity contribution < 1.29 is 19.1 Å². The molecule has 0 aliphatic carbocycles. The molecule has 0 saturated carbocycles. The van der Waals surface area contributed by atoms with Crippen molar-refractivity contribution in [2.45, 2.75) is 74.3 Å². The summed E-state index contributed by atoms with van der Waals surface area (Å²) >= 11 is 3.46. The molecule has 0 spiro atoms. The number of hydrogen-bond donors (Lipinski definition) is 3. The van der Waals surface area contributed by atoms with E-state index in [9.17, 15) is 14.4 Å². The quantitative estimate of drug-likeness (QED) is 0.407. The van der Waals surface area contributed by atoms with Crippen LogP contribution >= 0.6 is 23.5 Å². The molecule has 10 heteroatoms. The van der Waals surface area contributed by atoms with Crippen LogP contribution in [0.3, 0.4) is 0 Å². The Morgan fingerprint density at radius 2 is 2.03 bits per heavy atom. The number of thioether (sulfide) groups is 2. The van der Waals surface area contributed by atoms with Crippen LogP contribution in [0.2, 0.25) is 0 Å². The maximum Gasteiger partial charge on any atom is 0.328 e. The number of hydrogen-bond acceptors (Lipinski definition) is 8. The molecule has 5 atom stereocenters. The molecular formula is C24H36N4O4S2. The number of carbonyl (C=O) groups is 3. The van der Waals surface area contributed by atoms with Gasteiger partial charge in [-0.2, -0.15) is 0 Å². The Morgan fingerprint density at radius 1 is 1.29 bits per heavy atom. The van der Waals surface area contributed by atoms with E-state index < -0.39 is 24.1 Å². The fraction of sp³-hybridized carbons (Fsp3) is 0.625. The molecule has 5 N–H and O–H groups in total. The minimum absolute atomic E-state index is 0.191. The molecule has 0 aromatic heterocycles. The van der Waals surface area contributed by atoms with Gasteiger partial charge in [-0.15, -0.1) is 23.5 Å². The van der Waals surface area contributed by atoms with Gasteiger partial charge in [0, 0.05) is 30.5 Å². The zero-order valence-electron chi connectivity index (χ0n) is 19.9. The molecule has 8 nitrogen and oxygen atoms in total. The summed E-state index contributed by atoms with van der Waals surface area (Å²) < 4.78 is 5.23. The number of carbonyl (C=O) groups excluding carboxylic acids is 3. The number of ether oxygens (including phenoxy) is 1. The van der Waals surface area contributed by atoms with Crippen LogP contribution in [-0.2, 0) is 32.1 Å². The highest BCUT2D eigenvalue weighted by Gasteiger charge is 2.38. The maximum absolute atomic E-state index is 13.4. The minimum atomic E-state index is -0.737. The summed E-state index contributed by atoms with van der Waals surface area (Å²) in [6.45, 7) is 2.33. The van der Waals surface area contributed by atoms with Gasteiger partial charge in [-0.05, 0) is 24.0 Å². The van der Waals surface area contributed by atoms with Gasteiger partial charge >= 0.3 is 5.97 Å². The van der Waals surface area contributed by atoms with Crippen LogP contribution in [0.5, 0.6) is 0 Å². The highest BCUT2D eigenvalue weighted by atomic mass is 32.2. The molecule has 2 aliphatic heterocycles. The summed E-state index contributed by atoms with van der Waals surface area (Å²) in [5.41, 5.74) is 14.3. The highest BCUT2D eigenvalue weighted by molar-refractivity contribution is 8.17. The van der Waals surface area contributed by atoms with Crippen molar-refractivity contribution in [3.63, 3.8) is 0 Å². The van der Waals surface area contributed by atoms with Crippen LogP contribution < -0.4 is 16.8 Å². The number of nitrogens with one attached hydrogen (secondary N) is 1. The first-order chi connectivity index (χ1) is 16.3. The summed E-state index contributed by atoms with van der Waals surface area (Å²) in [5, 5.41) is 2.84. The first-order valence-corrected chi connectivity index (χ1v) is 13.9. The summed E-state index contributed by atoms with van der Waals surface area (Å²) in [7, 11) is 1.31. The third-order valence-corrected chi connectivity index (χ3v) is 9.37. The summed E-state index contributed by atoms with van der Waals surface area (Å²) in [5.74, 6) is 0.308. The van der Waals surface area contributed by atoms with Gasteiger partial charge in [0.25, 0.3) is 0 Å². The summed E-state index contributed by atoms with van der Waals surface area (Å²) in [6.07, 6.45) is 3.44. The smallest absolute Gasteiger partial charge is 0.328 e. The van der Waals surface area contributed by atoms with Gasteiger partial charge in [0.05, 0.1) is 17.7 Å². The van der Waals surface area contributed by atoms with Crippen molar-refractivity contribution in [2.24, 2.45) is 11.5 Å². The number of benzene rings is 1. The Labute approximate surface area is 210 Å². The van der Waals surface area contributed by atoms with E-state index in [4.69, 9.17) is 16.2 Å². The average molecular weight is 509 g/mol. The lowest BCUT2D eigenvalue weighted by molar-refractivity contribution is -0.147. The molecule has 2 unspecified atom stereocenters. The van der Waals surface area contributed by atoms with E-state index in [0.29, 0.717) is 29.7 Å². The molecule has 1 aromatic rings. The van der Waals surface area contributed by atoms with E-state index in [-0.39, 0.29) is 17.9 Å². The number of amides is 2. The van der Waals surface area contributed by atoms with Gasteiger partial charge in [0.15, 0.2) is 0 Å². The molecule has 34 heavy (non-hydrogen) atoms. The third-order valence-electron chi connectivity index (χ3n) is 6.25. The lowest BCUT2D eigenvalue weighted by atomic mass is 9.92. The van der Waals surface area contributed by atoms with Crippen molar-refractivity contribution in [2.75, 3.05) is 18.6 Å². The second-order valence-electron chi connectivity index (χ2n) is 8.88. The van der Waals surface area contributed by atoms with Crippen molar-refractivity contribution >= 4 is 41.3 Å². The number of nitrogens with two attached hydrogens (primary N) is 2. The van der Waals surface area contributed by atoms with Crippen LogP contribution in [0, 0.1) is 0 Å². The Bertz CT molecular complexity index is 871. The second kappa shape index (κ2) is 12.8. The Morgan fingerprint density at radius 3 is 2.68 bits per heavy atom.